The Morgan fingerprint density at radius 1 is 1.06 bits per heavy atom. The Morgan fingerprint density at radius 3 is 2.18 bits per heavy atom. The summed E-state index contributed by atoms with van der Waals surface area (Å²) < 4.78 is 0. The molecule has 0 atom stereocenters. The van der Waals surface area contributed by atoms with Crippen molar-refractivity contribution in [3.63, 3.8) is 0 Å². The molecular weight excluding hydrogens is 222 g/mol. The molecule has 0 aliphatic heterocycles. The van der Waals surface area contributed by atoms with Gasteiger partial charge in [0.15, 0.2) is 0 Å². The summed E-state index contributed by atoms with van der Waals surface area (Å²) in [7, 11) is 0. The molecule has 0 aromatic heterocycles. The number of carboxylic acids is 1. The number of fused-ring (bicyclic) bond motifs is 1. The summed E-state index contributed by atoms with van der Waals surface area (Å²) in [6.45, 7) is 0.146. The first-order chi connectivity index (χ1) is 8.06. The lowest BCUT2D eigenvalue weighted by Crippen LogP contribution is -2.02. The van der Waals surface area contributed by atoms with E-state index < -0.39 is 5.97 Å². The highest BCUT2D eigenvalue weighted by atomic mass is 16.4. The Bertz CT molecular complexity index is 607. The zero-order valence-corrected chi connectivity index (χ0v) is 8.84. The van der Waals surface area contributed by atoms with E-state index in [1.807, 2.05) is 0 Å². The van der Waals surface area contributed by atoms with E-state index >= 15 is 0 Å². The summed E-state index contributed by atoms with van der Waals surface area (Å²) in [5.41, 5.74) is 6.04. The van der Waals surface area contributed by atoms with Crippen molar-refractivity contribution in [1.29, 1.82) is 0 Å². The molecule has 2 aromatic rings. The van der Waals surface area contributed by atoms with Crippen LogP contribution in [0.15, 0.2) is 24.3 Å². The van der Waals surface area contributed by atoms with Crippen LogP contribution >= 0.6 is 0 Å². The van der Waals surface area contributed by atoms with Crippen LogP contribution in [0.5, 0.6) is 11.5 Å². The molecule has 0 heterocycles. The van der Waals surface area contributed by atoms with Crippen molar-refractivity contribution >= 4 is 16.7 Å². The van der Waals surface area contributed by atoms with Gasteiger partial charge in [0.1, 0.15) is 11.5 Å². The molecule has 0 fully saturated rings. The average molecular weight is 233 g/mol. The normalized spacial score (nSPS) is 10.6. The molecule has 0 spiro atoms. The van der Waals surface area contributed by atoms with Crippen molar-refractivity contribution in [2.75, 3.05) is 0 Å². The molecule has 0 bridgehead atoms. The van der Waals surface area contributed by atoms with Gasteiger partial charge >= 0.3 is 5.97 Å². The van der Waals surface area contributed by atoms with Gasteiger partial charge in [0.2, 0.25) is 0 Å². The number of rotatable bonds is 2. The van der Waals surface area contributed by atoms with Crippen LogP contribution in [0, 0.1) is 0 Å². The minimum absolute atomic E-state index is 0.0643. The number of nitrogens with two attached hydrogens (primary N) is 1. The van der Waals surface area contributed by atoms with Crippen LogP contribution in [0.1, 0.15) is 15.9 Å². The highest BCUT2D eigenvalue weighted by Gasteiger charge is 2.16. The maximum Gasteiger partial charge on any atom is 0.336 e. The second-order valence-corrected chi connectivity index (χ2v) is 3.64. The van der Waals surface area contributed by atoms with E-state index in [1.54, 1.807) is 0 Å². The van der Waals surface area contributed by atoms with Gasteiger partial charge in [-0.05, 0) is 23.8 Å². The van der Waals surface area contributed by atoms with Gasteiger partial charge in [-0.15, -0.1) is 0 Å². The van der Waals surface area contributed by atoms with Crippen molar-refractivity contribution < 1.29 is 20.1 Å². The SMILES string of the molecule is NCc1ccc(C(=O)O)c2c(O)ccc(O)c12. The third kappa shape index (κ3) is 1.66. The zero-order valence-electron chi connectivity index (χ0n) is 8.84. The van der Waals surface area contributed by atoms with E-state index in [-0.39, 0.29) is 34.4 Å². The van der Waals surface area contributed by atoms with Crippen molar-refractivity contribution in [3.05, 3.63) is 35.4 Å². The fourth-order valence-electron chi connectivity index (χ4n) is 1.88. The molecule has 5 nitrogen and oxygen atoms in total. The third-order valence-corrected chi connectivity index (χ3v) is 2.65. The fraction of sp³-hybridized carbons (Fsp3) is 0.0833. The van der Waals surface area contributed by atoms with E-state index in [0.717, 1.165) is 0 Å². The molecule has 0 unspecified atom stereocenters. The van der Waals surface area contributed by atoms with Crippen molar-refractivity contribution in [2.24, 2.45) is 5.73 Å². The Hall–Kier alpha value is -2.27. The van der Waals surface area contributed by atoms with Crippen LogP contribution in [-0.4, -0.2) is 21.3 Å². The molecule has 5 heteroatoms. The summed E-state index contributed by atoms with van der Waals surface area (Å²) in [5.74, 6) is -1.45. The van der Waals surface area contributed by atoms with Crippen molar-refractivity contribution in [2.45, 2.75) is 6.54 Å². The predicted molar refractivity (Wildman–Crippen MR) is 62.1 cm³/mol. The van der Waals surface area contributed by atoms with Gasteiger partial charge in [0.25, 0.3) is 0 Å². The van der Waals surface area contributed by atoms with Crippen LogP contribution in [-0.2, 0) is 6.54 Å². The van der Waals surface area contributed by atoms with Gasteiger partial charge in [-0.1, -0.05) is 6.07 Å². The number of carboxylic acid groups (broad SMARTS) is 1. The molecule has 0 aliphatic carbocycles. The Kier molecular flexibility index (Phi) is 2.61. The van der Waals surface area contributed by atoms with Crippen molar-refractivity contribution in [3.8, 4) is 11.5 Å². The summed E-state index contributed by atoms with van der Waals surface area (Å²) in [6, 6.07) is 5.46. The van der Waals surface area contributed by atoms with Crippen LogP contribution in [0.4, 0.5) is 0 Å². The molecule has 0 radical (unpaired) electrons. The number of hydrogen-bond donors (Lipinski definition) is 4. The lowest BCUT2D eigenvalue weighted by molar-refractivity contribution is 0.0699. The predicted octanol–water partition coefficient (Wildman–Crippen LogP) is 1.41. The van der Waals surface area contributed by atoms with E-state index in [9.17, 15) is 15.0 Å². The zero-order chi connectivity index (χ0) is 12.6. The molecule has 0 saturated carbocycles. The number of hydrogen-bond acceptors (Lipinski definition) is 4. The number of phenolic OH excluding ortho intramolecular Hbond substituents is 2. The minimum Gasteiger partial charge on any atom is -0.507 e. The maximum absolute atomic E-state index is 11.1. The van der Waals surface area contributed by atoms with E-state index in [1.165, 1.54) is 24.3 Å². The first kappa shape index (κ1) is 11.2. The number of aromatic hydroxyl groups is 2. The van der Waals surface area contributed by atoms with Gasteiger partial charge in [-0.3, -0.25) is 0 Å². The number of aromatic carboxylic acids is 1. The first-order valence-electron chi connectivity index (χ1n) is 4.96. The van der Waals surface area contributed by atoms with Crippen LogP contribution in [0.25, 0.3) is 10.8 Å². The van der Waals surface area contributed by atoms with E-state index in [0.29, 0.717) is 5.56 Å². The second kappa shape index (κ2) is 3.95. The Morgan fingerprint density at radius 2 is 1.65 bits per heavy atom. The molecule has 2 rings (SSSR count). The van der Waals surface area contributed by atoms with E-state index in [4.69, 9.17) is 10.8 Å². The molecule has 0 aliphatic rings. The van der Waals surface area contributed by atoms with Gasteiger partial charge in [-0.25, -0.2) is 4.79 Å². The number of phenols is 2. The molecule has 88 valence electrons. The second-order valence-electron chi connectivity index (χ2n) is 3.64. The smallest absolute Gasteiger partial charge is 0.336 e. The largest absolute Gasteiger partial charge is 0.507 e. The molecule has 2 aromatic carbocycles. The minimum atomic E-state index is -1.17. The number of carbonyl (C=O) groups is 1. The monoisotopic (exact) mass is 233 g/mol. The Labute approximate surface area is 96.7 Å². The molecule has 0 saturated heterocycles. The van der Waals surface area contributed by atoms with Crippen LogP contribution in [0.3, 0.4) is 0 Å². The van der Waals surface area contributed by atoms with Gasteiger partial charge in [0.05, 0.1) is 5.56 Å². The standard InChI is InChI=1S/C12H11NO4/c13-5-6-1-2-7(12(16)17)11-9(15)4-3-8(14)10(6)11/h1-4,14-15H,5,13H2,(H,16,17). The Balaban J connectivity index is 3.00. The highest BCUT2D eigenvalue weighted by Crippen LogP contribution is 2.36. The molecule has 5 N–H and O–H groups in total. The number of benzene rings is 2. The lowest BCUT2D eigenvalue weighted by Gasteiger charge is -2.10. The van der Waals surface area contributed by atoms with Crippen LogP contribution < -0.4 is 5.73 Å². The lowest BCUT2D eigenvalue weighted by atomic mass is 9.98. The summed E-state index contributed by atoms with van der Waals surface area (Å²) in [4.78, 5) is 11.1. The van der Waals surface area contributed by atoms with Gasteiger partial charge in [0, 0.05) is 17.3 Å². The topological polar surface area (TPSA) is 104 Å². The van der Waals surface area contributed by atoms with Gasteiger partial charge in [-0.2, -0.15) is 0 Å². The maximum atomic E-state index is 11.1. The molecule has 17 heavy (non-hydrogen) atoms. The summed E-state index contributed by atoms with van der Waals surface area (Å²) >= 11 is 0. The molecule has 0 amide bonds. The highest BCUT2D eigenvalue weighted by molar-refractivity contribution is 6.09. The summed E-state index contributed by atoms with van der Waals surface area (Å²) in [6.07, 6.45) is 0. The summed E-state index contributed by atoms with van der Waals surface area (Å²) in [5, 5.41) is 28.9. The fourth-order valence-corrected chi connectivity index (χ4v) is 1.88. The van der Waals surface area contributed by atoms with E-state index in [2.05, 4.69) is 0 Å². The third-order valence-electron chi connectivity index (χ3n) is 2.65. The van der Waals surface area contributed by atoms with Crippen molar-refractivity contribution in [1.82, 2.24) is 0 Å². The molecular formula is C12H11NO4. The first-order valence-corrected chi connectivity index (χ1v) is 4.96. The average Bonchev–Trinajstić information content (AvgIpc) is 2.32. The van der Waals surface area contributed by atoms with Gasteiger partial charge < -0.3 is 21.1 Å². The quantitative estimate of drug-likeness (QED) is 0.587. The van der Waals surface area contributed by atoms with Crippen LogP contribution in [0.2, 0.25) is 0 Å².